The molecule has 0 radical (unpaired) electrons. The summed E-state index contributed by atoms with van der Waals surface area (Å²) < 4.78 is 10.5. The first-order valence-electron chi connectivity index (χ1n) is 11.2. The first-order valence-corrected chi connectivity index (χ1v) is 11.2. The van der Waals surface area contributed by atoms with E-state index in [4.69, 9.17) is 14.6 Å². The standard InChI is InChI=1S/C25H30N2O6/c1-2-3-12-22(24(30)26-13-14-32-16-23(28)29)27-25(31)33-15-21-19-10-6-4-8-17(19)18-9-5-7-11-20(18)21/h4-11,21-22H,2-3,12-16H2,1H3,(H,26,30)(H,27,31)(H,28,29). The molecule has 3 rings (SSSR count). The average Bonchev–Trinajstić information content (AvgIpc) is 3.13. The van der Waals surface area contributed by atoms with Crippen LogP contribution in [0.2, 0.25) is 0 Å². The number of carbonyl (C=O) groups excluding carboxylic acids is 2. The highest BCUT2D eigenvalue weighted by atomic mass is 16.5. The SMILES string of the molecule is CCCCC(NC(=O)OCC1c2ccccc2-c2ccccc21)C(=O)NCCOCC(=O)O. The molecule has 1 aliphatic rings. The van der Waals surface area contributed by atoms with Gasteiger partial charge in [-0.15, -0.1) is 0 Å². The second-order valence-corrected chi connectivity index (χ2v) is 7.90. The molecule has 1 unspecified atom stereocenters. The normalized spacial score (nSPS) is 13.0. The van der Waals surface area contributed by atoms with Gasteiger partial charge in [0, 0.05) is 12.5 Å². The lowest BCUT2D eigenvalue weighted by Crippen LogP contribution is -2.47. The van der Waals surface area contributed by atoms with Crippen LogP contribution in [0.3, 0.4) is 0 Å². The number of nitrogens with one attached hydrogen (secondary N) is 2. The van der Waals surface area contributed by atoms with Crippen LogP contribution >= 0.6 is 0 Å². The Morgan fingerprint density at radius 3 is 2.27 bits per heavy atom. The van der Waals surface area contributed by atoms with Gasteiger partial charge in [0.15, 0.2) is 0 Å². The summed E-state index contributed by atoms with van der Waals surface area (Å²) in [5.74, 6) is -1.48. The molecule has 2 aromatic carbocycles. The van der Waals surface area contributed by atoms with E-state index in [0.29, 0.717) is 6.42 Å². The lowest BCUT2D eigenvalue weighted by Gasteiger charge is -2.19. The highest BCUT2D eigenvalue weighted by Gasteiger charge is 2.29. The van der Waals surface area contributed by atoms with Crippen molar-refractivity contribution in [3.8, 4) is 11.1 Å². The molecule has 8 nitrogen and oxygen atoms in total. The zero-order valence-electron chi connectivity index (χ0n) is 18.7. The van der Waals surface area contributed by atoms with Crippen LogP contribution < -0.4 is 10.6 Å². The van der Waals surface area contributed by atoms with Crippen molar-refractivity contribution in [3.05, 3.63) is 59.7 Å². The summed E-state index contributed by atoms with van der Waals surface area (Å²) in [7, 11) is 0. The van der Waals surface area contributed by atoms with Gasteiger partial charge < -0.3 is 25.2 Å². The molecule has 0 aliphatic heterocycles. The summed E-state index contributed by atoms with van der Waals surface area (Å²) in [6.45, 7) is 1.98. The van der Waals surface area contributed by atoms with Crippen LogP contribution in [0.5, 0.6) is 0 Å². The number of benzene rings is 2. The lowest BCUT2D eigenvalue weighted by molar-refractivity contribution is -0.142. The van der Waals surface area contributed by atoms with Crippen LogP contribution in [0.25, 0.3) is 11.1 Å². The molecule has 0 aromatic heterocycles. The lowest BCUT2D eigenvalue weighted by atomic mass is 9.98. The Morgan fingerprint density at radius 2 is 1.67 bits per heavy atom. The van der Waals surface area contributed by atoms with Crippen LogP contribution in [0.15, 0.2) is 48.5 Å². The van der Waals surface area contributed by atoms with Gasteiger partial charge >= 0.3 is 12.1 Å². The van der Waals surface area contributed by atoms with Crippen LogP contribution in [-0.2, 0) is 19.1 Å². The second kappa shape index (κ2) is 12.0. The molecule has 0 saturated carbocycles. The second-order valence-electron chi connectivity index (χ2n) is 7.90. The molecule has 0 bridgehead atoms. The molecular formula is C25H30N2O6. The predicted molar refractivity (Wildman–Crippen MR) is 123 cm³/mol. The highest BCUT2D eigenvalue weighted by molar-refractivity contribution is 5.85. The van der Waals surface area contributed by atoms with Gasteiger partial charge in [0.05, 0.1) is 6.61 Å². The fourth-order valence-corrected chi connectivity index (χ4v) is 3.99. The summed E-state index contributed by atoms with van der Waals surface area (Å²) in [6, 6.07) is 15.4. The van der Waals surface area contributed by atoms with Gasteiger partial charge in [0.25, 0.3) is 0 Å². The number of hydrogen-bond donors (Lipinski definition) is 3. The Labute approximate surface area is 193 Å². The molecule has 176 valence electrons. The van der Waals surface area contributed by atoms with Crippen molar-refractivity contribution in [2.24, 2.45) is 0 Å². The zero-order valence-corrected chi connectivity index (χ0v) is 18.7. The Hall–Kier alpha value is -3.39. The average molecular weight is 455 g/mol. The van der Waals surface area contributed by atoms with E-state index >= 15 is 0 Å². The van der Waals surface area contributed by atoms with Gasteiger partial charge in [-0.2, -0.15) is 0 Å². The Kier molecular flexibility index (Phi) is 8.83. The van der Waals surface area contributed by atoms with E-state index in [9.17, 15) is 14.4 Å². The fraction of sp³-hybridized carbons (Fsp3) is 0.400. The molecule has 0 fully saturated rings. The number of hydrogen-bond acceptors (Lipinski definition) is 5. The fourth-order valence-electron chi connectivity index (χ4n) is 3.99. The summed E-state index contributed by atoms with van der Waals surface area (Å²) in [6.07, 6.45) is 1.47. The molecule has 33 heavy (non-hydrogen) atoms. The van der Waals surface area contributed by atoms with Crippen LogP contribution in [0, 0.1) is 0 Å². The molecule has 0 saturated heterocycles. The first kappa shape index (κ1) is 24.3. The Bertz CT molecular complexity index is 931. The minimum absolute atomic E-state index is 0.0579. The van der Waals surface area contributed by atoms with Gasteiger partial charge in [-0.1, -0.05) is 68.3 Å². The predicted octanol–water partition coefficient (Wildman–Crippen LogP) is 3.30. The molecule has 0 heterocycles. The van der Waals surface area contributed by atoms with E-state index in [0.717, 1.165) is 35.1 Å². The molecule has 1 aliphatic carbocycles. The first-order chi connectivity index (χ1) is 16.0. The van der Waals surface area contributed by atoms with E-state index in [-0.39, 0.29) is 31.6 Å². The quantitative estimate of drug-likeness (QED) is 0.424. The molecular weight excluding hydrogens is 424 g/mol. The number of rotatable bonds is 12. The number of alkyl carbamates (subject to hydrolysis) is 1. The maximum absolute atomic E-state index is 12.5. The number of unbranched alkanes of at least 4 members (excludes halogenated alkanes) is 1. The van der Waals surface area contributed by atoms with Crippen molar-refractivity contribution >= 4 is 18.0 Å². The molecule has 2 amide bonds. The van der Waals surface area contributed by atoms with Gasteiger partial charge in [-0.05, 0) is 28.7 Å². The third-order valence-corrected chi connectivity index (χ3v) is 5.57. The van der Waals surface area contributed by atoms with Crippen molar-refractivity contribution in [1.29, 1.82) is 0 Å². The summed E-state index contributed by atoms with van der Waals surface area (Å²) in [4.78, 5) is 35.5. The number of fused-ring (bicyclic) bond motifs is 3. The van der Waals surface area contributed by atoms with E-state index in [1.165, 1.54) is 0 Å². The third-order valence-electron chi connectivity index (χ3n) is 5.57. The number of amides is 2. The summed E-state index contributed by atoms with van der Waals surface area (Å²) in [5.41, 5.74) is 4.53. The van der Waals surface area contributed by atoms with Crippen molar-refractivity contribution in [1.82, 2.24) is 10.6 Å². The van der Waals surface area contributed by atoms with E-state index < -0.39 is 24.7 Å². The number of carbonyl (C=O) groups is 3. The largest absolute Gasteiger partial charge is 0.480 e. The zero-order chi connectivity index (χ0) is 23.6. The van der Waals surface area contributed by atoms with Crippen LogP contribution in [0.1, 0.15) is 43.2 Å². The van der Waals surface area contributed by atoms with Gasteiger partial charge in [0.1, 0.15) is 19.3 Å². The Balaban J connectivity index is 1.55. The van der Waals surface area contributed by atoms with Gasteiger partial charge in [-0.25, -0.2) is 9.59 Å². The smallest absolute Gasteiger partial charge is 0.407 e. The maximum Gasteiger partial charge on any atom is 0.407 e. The van der Waals surface area contributed by atoms with Crippen molar-refractivity contribution in [2.45, 2.75) is 38.1 Å². The minimum atomic E-state index is -1.07. The van der Waals surface area contributed by atoms with Crippen LogP contribution in [0.4, 0.5) is 4.79 Å². The summed E-state index contributed by atoms with van der Waals surface area (Å²) >= 11 is 0. The van der Waals surface area contributed by atoms with E-state index in [1.807, 2.05) is 43.3 Å². The van der Waals surface area contributed by atoms with E-state index in [1.54, 1.807) is 0 Å². The van der Waals surface area contributed by atoms with Crippen molar-refractivity contribution in [3.63, 3.8) is 0 Å². The van der Waals surface area contributed by atoms with E-state index in [2.05, 4.69) is 22.8 Å². The summed E-state index contributed by atoms with van der Waals surface area (Å²) in [5, 5.41) is 13.9. The van der Waals surface area contributed by atoms with Crippen molar-refractivity contribution in [2.75, 3.05) is 26.4 Å². The highest BCUT2D eigenvalue weighted by Crippen LogP contribution is 2.44. The molecule has 8 heteroatoms. The maximum atomic E-state index is 12.5. The third kappa shape index (κ3) is 6.55. The van der Waals surface area contributed by atoms with Crippen LogP contribution in [-0.4, -0.2) is 55.5 Å². The minimum Gasteiger partial charge on any atom is -0.480 e. The van der Waals surface area contributed by atoms with Crippen molar-refractivity contribution < 1.29 is 29.0 Å². The van der Waals surface area contributed by atoms with Gasteiger partial charge in [0.2, 0.25) is 5.91 Å². The molecule has 2 aromatic rings. The number of carboxylic acid groups (broad SMARTS) is 1. The monoisotopic (exact) mass is 454 g/mol. The molecule has 1 atom stereocenters. The van der Waals surface area contributed by atoms with Gasteiger partial charge in [-0.3, -0.25) is 4.79 Å². The number of carboxylic acids is 1. The molecule has 3 N–H and O–H groups in total. The Morgan fingerprint density at radius 1 is 1.03 bits per heavy atom. The number of aliphatic carboxylic acids is 1. The molecule has 0 spiro atoms. The number of ether oxygens (including phenoxy) is 2. The topological polar surface area (TPSA) is 114 Å².